The van der Waals surface area contributed by atoms with Crippen LogP contribution in [0.15, 0.2) is 54.6 Å². The van der Waals surface area contributed by atoms with Crippen LogP contribution in [0.5, 0.6) is 0 Å². The highest BCUT2D eigenvalue weighted by molar-refractivity contribution is 9.09. The molecular formula is C15H15BrO. The fourth-order valence-corrected chi connectivity index (χ4v) is 2.11. The number of hydrogen-bond acceptors (Lipinski definition) is 1. The van der Waals surface area contributed by atoms with E-state index < -0.39 is 0 Å². The summed E-state index contributed by atoms with van der Waals surface area (Å²) < 4.78 is 5.19. The Morgan fingerprint density at radius 1 is 0.941 bits per heavy atom. The zero-order valence-electron chi connectivity index (χ0n) is 9.77. The van der Waals surface area contributed by atoms with E-state index in [-0.39, 0.29) is 5.01 Å². The first kappa shape index (κ1) is 12.3. The van der Waals surface area contributed by atoms with Crippen LogP contribution in [0.2, 0.25) is 0 Å². The van der Waals surface area contributed by atoms with Crippen molar-refractivity contribution in [2.24, 2.45) is 0 Å². The number of methoxy groups -OCH3 is 1. The van der Waals surface area contributed by atoms with Crippen molar-refractivity contribution in [2.45, 2.75) is 11.4 Å². The average Bonchev–Trinajstić information content (AvgIpc) is 2.40. The Morgan fingerprint density at radius 3 is 2.12 bits per heavy atom. The summed E-state index contributed by atoms with van der Waals surface area (Å²) >= 11 is 3.45. The van der Waals surface area contributed by atoms with Crippen molar-refractivity contribution in [1.82, 2.24) is 0 Å². The van der Waals surface area contributed by atoms with Crippen molar-refractivity contribution in [3.05, 3.63) is 60.2 Å². The molecule has 0 aliphatic rings. The second-order valence-corrected chi connectivity index (χ2v) is 4.93. The second kappa shape index (κ2) is 5.99. The van der Waals surface area contributed by atoms with E-state index >= 15 is 0 Å². The molecule has 1 atom stereocenters. The summed E-state index contributed by atoms with van der Waals surface area (Å²) in [4.78, 5) is 0. The first-order valence-electron chi connectivity index (χ1n) is 5.61. The fraction of sp³-hybridized carbons (Fsp3) is 0.200. The maximum absolute atomic E-state index is 5.19. The van der Waals surface area contributed by atoms with Crippen LogP contribution in [0.3, 0.4) is 0 Å². The molecule has 0 bridgehead atoms. The molecule has 0 N–H and O–H groups in total. The van der Waals surface area contributed by atoms with Gasteiger partial charge in [-0.05, 0) is 16.7 Å². The third kappa shape index (κ3) is 3.42. The van der Waals surface area contributed by atoms with Crippen LogP contribution in [0.4, 0.5) is 0 Å². The minimum atomic E-state index is 0.0880. The van der Waals surface area contributed by atoms with Crippen molar-refractivity contribution in [3.63, 3.8) is 0 Å². The molecule has 0 heterocycles. The van der Waals surface area contributed by atoms with Crippen molar-refractivity contribution in [1.29, 1.82) is 0 Å². The van der Waals surface area contributed by atoms with Crippen LogP contribution in [-0.2, 0) is 11.2 Å². The molecule has 0 aliphatic heterocycles. The number of alkyl halides is 1. The summed E-state index contributed by atoms with van der Waals surface area (Å²) in [5.74, 6) is 0. The molecule has 0 radical (unpaired) electrons. The van der Waals surface area contributed by atoms with Gasteiger partial charge in [0, 0.05) is 13.5 Å². The van der Waals surface area contributed by atoms with Gasteiger partial charge >= 0.3 is 0 Å². The Hall–Kier alpha value is -1.12. The molecule has 2 aromatic carbocycles. The lowest BCUT2D eigenvalue weighted by Gasteiger charge is -2.08. The van der Waals surface area contributed by atoms with Gasteiger partial charge in [0.25, 0.3) is 0 Å². The molecule has 17 heavy (non-hydrogen) atoms. The second-order valence-electron chi connectivity index (χ2n) is 3.91. The van der Waals surface area contributed by atoms with E-state index in [1.807, 2.05) is 6.07 Å². The van der Waals surface area contributed by atoms with Gasteiger partial charge in [-0.2, -0.15) is 0 Å². The van der Waals surface area contributed by atoms with Gasteiger partial charge in [0.2, 0.25) is 0 Å². The molecule has 2 rings (SSSR count). The maximum Gasteiger partial charge on any atom is 0.116 e. The first-order valence-corrected chi connectivity index (χ1v) is 6.52. The summed E-state index contributed by atoms with van der Waals surface area (Å²) in [6.45, 7) is 0. The van der Waals surface area contributed by atoms with Crippen LogP contribution in [0.1, 0.15) is 5.56 Å². The molecule has 0 fully saturated rings. The Bertz CT molecular complexity index is 450. The zero-order chi connectivity index (χ0) is 12.1. The quantitative estimate of drug-likeness (QED) is 0.765. The van der Waals surface area contributed by atoms with Gasteiger partial charge in [-0.15, -0.1) is 0 Å². The van der Waals surface area contributed by atoms with Crippen molar-refractivity contribution in [2.75, 3.05) is 7.11 Å². The summed E-state index contributed by atoms with van der Waals surface area (Å²) in [5, 5.41) is 0.0880. The van der Waals surface area contributed by atoms with Gasteiger partial charge in [0.05, 0.1) is 0 Å². The number of benzene rings is 2. The molecule has 0 saturated carbocycles. The Morgan fingerprint density at radius 2 is 1.53 bits per heavy atom. The molecule has 0 aromatic heterocycles. The molecule has 0 amide bonds. The molecule has 1 nitrogen and oxygen atoms in total. The molecule has 0 saturated heterocycles. The van der Waals surface area contributed by atoms with Crippen LogP contribution in [0, 0.1) is 0 Å². The first-order chi connectivity index (χ1) is 8.29. The molecular weight excluding hydrogens is 276 g/mol. The summed E-state index contributed by atoms with van der Waals surface area (Å²) in [7, 11) is 1.71. The maximum atomic E-state index is 5.19. The normalized spacial score (nSPS) is 12.4. The van der Waals surface area contributed by atoms with E-state index in [9.17, 15) is 0 Å². The number of rotatable bonds is 4. The third-order valence-corrected chi connectivity index (χ3v) is 3.41. The smallest absolute Gasteiger partial charge is 0.116 e. The number of ether oxygens (including phenoxy) is 1. The van der Waals surface area contributed by atoms with Gasteiger partial charge in [-0.25, -0.2) is 0 Å². The Labute approximate surface area is 111 Å². The Balaban J connectivity index is 2.13. The molecule has 0 spiro atoms. The molecule has 88 valence electrons. The van der Waals surface area contributed by atoms with E-state index in [1.54, 1.807) is 7.11 Å². The minimum absolute atomic E-state index is 0.0880. The number of hydrogen-bond donors (Lipinski definition) is 0. The highest BCUT2D eigenvalue weighted by Gasteiger charge is 2.03. The van der Waals surface area contributed by atoms with Crippen LogP contribution < -0.4 is 0 Å². The predicted molar refractivity (Wildman–Crippen MR) is 75.3 cm³/mol. The van der Waals surface area contributed by atoms with Gasteiger partial charge in [-0.3, -0.25) is 0 Å². The van der Waals surface area contributed by atoms with E-state index in [2.05, 4.69) is 64.5 Å². The average molecular weight is 291 g/mol. The van der Waals surface area contributed by atoms with Crippen LogP contribution in [0.25, 0.3) is 11.1 Å². The lowest BCUT2D eigenvalue weighted by atomic mass is 10.0. The molecule has 1 unspecified atom stereocenters. The lowest BCUT2D eigenvalue weighted by molar-refractivity contribution is 0.179. The fourth-order valence-electron chi connectivity index (χ4n) is 1.73. The SMILES string of the molecule is COC(Br)Cc1ccc(-c2ccccc2)cc1. The van der Waals surface area contributed by atoms with Crippen molar-refractivity contribution >= 4 is 15.9 Å². The van der Waals surface area contributed by atoms with E-state index in [1.165, 1.54) is 16.7 Å². The predicted octanol–water partition coefficient (Wildman–Crippen LogP) is 4.26. The standard InChI is InChI=1S/C15H15BrO/c1-17-15(16)11-12-7-9-14(10-8-12)13-5-3-2-4-6-13/h2-10,15H,11H2,1H3. The number of halogens is 1. The van der Waals surface area contributed by atoms with Gasteiger partial charge in [-0.1, -0.05) is 70.5 Å². The van der Waals surface area contributed by atoms with Crippen molar-refractivity contribution in [3.8, 4) is 11.1 Å². The highest BCUT2D eigenvalue weighted by atomic mass is 79.9. The van der Waals surface area contributed by atoms with Gasteiger partial charge < -0.3 is 4.74 Å². The van der Waals surface area contributed by atoms with Gasteiger partial charge in [0.1, 0.15) is 5.01 Å². The zero-order valence-corrected chi connectivity index (χ0v) is 11.4. The largest absolute Gasteiger partial charge is 0.370 e. The Kier molecular flexibility index (Phi) is 4.35. The lowest BCUT2D eigenvalue weighted by Crippen LogP contribution is -2.04. The highest BCUT2D eigenvalue weighted by Crippen LogP contribution is 2.20. The van der Waals surface area contributed by atoms with Gasteiger partial charge in [0.15, 0.2) is 0 Å². The third-order valence-electron chi connectivity index (χ3n) is 2.71. The molecule has 0 aliphatic carbocycles. The minimum Gasteiger partial charge on any atom is -0.370 e. The summed E-state index contributed by atoms with van der Waals surface area (Å²) in [5.41, 5.74) is 3.77. The summed E-state index contributed by atoms with van der Waals surface area (Å²) in [6, 6.07) is 19.0. The topological polar surface area (TPSA) is 9.23 Å². The molecule has 2 aromatic rings. The monoisotopic (exact) mass is 290 g/mol. The molecule has 2 heteroatoms. The van der Waals surface area contributed by atoms with E-state index in [0.29, 0.717) is 0 Å². The van der Waals surface area contributed by atoms with Crippen LogP contribution >= 0.6 is 15.9 Å². The van der Waals surface area contributed by atoms with E-state index in [0.717, 1.165) is 6.42 Å². The van der Waals surface area contributed by atoms with Crippen molar-refractivity contribution < 1.29 is 4.74 Å². The summed E-state index contributed by atoms with van der Waals surface area (Å²) in [6.07, 6.45) is 0.881. The van der Waals surface area contributed by atoms with Crippen LogP contribution in [-0.4, -0.2) is 12.1 Å². The van der Waals surface area contributed by atoms with E-state index in [4.69, 9.17) is 4.74 Å².